The van der Waals surface area contributed by atoms with E-state index in [9.17, 15) is 4.79 Å². The fourth-order valence-corrected chi connectivity index (χ4v) is 1.76. The van der Waals surface area contributed by atoms with Crippen LogP contribution in [0.3, 0.4) is 0 Å². The molecular formula is C15H14O2. The summed E-state index contributed by atoms with van der Waals surface area (Å²) in [5.74, 6) is -1.27. The predicted molar refractivity (Wildman–Crippen MR) is 67.9 cm³/mol. The van der Waals surface area contributed by atoms with Crippen LogP contribution in [0.15, 0.2) is 54.6 Å². The van der Waals surface area contributed by atoms with Gasteiger partial charge in [-0.05, 0) is 23.6 Å². The van der Waals surface area contributed by atoms with Gasteiger partial charge in [0.1, 0.15) is 0 Å². The summed E-state index contributed by atoms with van der Waals surface area (Å²) >= 11 is 0. The molecule has 0 amide bonds. The van der Waals surface area contributed by atoms with Crippen molar-refractivity contribution >= 4 is 5.97 Å². The van der Waals surface area contributed by atoms with Crippen LogP contribution in [0.25, 0.3) is 11.1 Å². The molecule has 0 radical (unpaired) electrons. The van der Waals surface area contributed by atoms with E-state index in [2.05, 4.69) is 0 Å². The lowest BCUT2D eigenvalue weighted by Gasteiger charge is -2.09. The zero-order chi connectivity index (χ0) is 12.3. The normalized spacial score (nSPS) is 12.1. The summed E-state index contributed by atoms with van der Waals surface area (Å²) in [4.78, 5) is 10.9. The van der Waals surface area contributed by atoms with E-state index < -0.39 is 11.9 Å². The minimum Gasteiger partial charge on any atom is -0.481 e. The number of carboxylic acids is 1. The zero-order valence-electron chi connectivity index (χ0n) is 9.63. The van der Waals surface area contributed by atoms with Gasteiger partial charge >= 0.3 is 5.97 Å². The van der Waals surface area contributed by atoms with Gasteiger partial charge in [0.15, 0.2) is 0 Å². The standard InChI is InChI=1S/C15H14O2/c1-11(15(16)17)13-8-5-9-14(10-13)12-6-3-2-4-7-12/h2-11H,1H3,(H,16,17)/t11-/m1/s1. The van der Waals surface area contributed by atoms with Crippen LogP contribution in [0.2, 0.25) is 0 Å². The molecule has 2 aromatic rings. The summed E-state index contributed by atoms with van der Waals surface area (Å²) in [6, 6.07) is 17.6. The topological polar surface area (TPSA) is 37.3 Å². The maximum absolute atomic E-state index is 10.9. The summed E-state index contributed by atoms with van der Waals surface area (Å²) in [6.07, 6.45) is 0. The highest BCUT2D eigenvalue weighted by Gasteiger charge is 2.13. The highest BCUT2D eigenvalue weighted by atomic mass is 16.4. The monoisotopic (exact) mass is 226 g/mol. The second-order valence-corrected chi connectivity index (χ2v) is 4.05. The van der Waals surface area contributed by atoms with Crippen LogP contribution in [0.5, 0.6) is 0 Å². The zero-order valence-corrected chi connectivity index (χ0v) is 9.63. The van der Waals surface area contributed by atoms with E-state index in [1.165, 1.54) is 0 Å². The minimum atomic E-state index is -0.796. The maximum Gasteiger partial charge on any atom is 0.310 e. The Labute approximate surface area is 101 Å². The molecule has 17 heavy (non-hydrogen) atoms. The second kappa shape index (κ2) is 4.83. The van der Waals surface area contributed by atoms with E-state index >= 15 is 0 Å². The first kappa shape index (κ1) is 11.4. The molecule has 1 atom stereocenters. The van der Waals surface area contributed by atoms with Gasteiger partial charge in [0, 0.05) is 0 Å². The first-order valence-electron chi connectivity index (χ1n) is 5.56. The van der Waals surface area contributed by atoms with Crippen molar-refractivity contribution in [3.05, 3.63) is 60.2 Å². The molecule has 0 aliphatic heterocycles. The van der Waals surface area contributed by atoms with Crippen molar-refractivity contribution in [1.82, 2.24) is 0 Å². The molecule has 2 rings (SSSR count). The third-order valence-corrected chi connectivity index (χ3v) is 2.86. The van der Waals surface area contributed by atoms with E-state index in [0.717, 1.165) is 16.7 Å². The van der Waals surface area contributed by atoms with E-state index in [4.69, 9.17) is 5.11 Å². The Kier molecular flexibility index (Phi) is 3.24. The Bertz CT molecular complexity index is 517. The van der Waals surface area contributed by atoms with Crippen molar-refractivity contribution in [1.29, 1.82) is 0 Å². The van der Waals surface area contributed by atoms with E-state index in [-0.39, 0.29) is 0 Å². The number of benzene rings is 2. The molecule has 0 fully saturated rings. The largest absolute Gasteiger partial charge is 0.481 e. The lowest BCUT2D eigenvalue weighted by molar-refractivity contribution is -0.138. The molecule has 0 aliphatic carbocycles. The van der Waals surface area contributed by atoms with Gasteiger partial charge < -0.3 is 5.11 Å². The smallest absolute Gasteiger partial charge is 0.310 e. The fraction of sp³-hybridized carbons (Fsp3) is 0.133. The van der Waals surface area contributed by atoms with Crippen LogP contribution < -0.4 is 0 Å². The third-order valence-electron chi connectivity index (χ3n) is 2.86. The fourth-order valence-electron chi connectivity index (χ4n) is 1.76. The minimum absolute atomic E-state index is 0.473. The van der Waals surface area contributed by atoms with Gasteiger partial charge in [0.2, 0.25) is 0 Å². The average Bonchev–Trinajstić information content (AvgIpc) is 2.39. The molecule has 1 N–H and O–H groups in total. The van der Waals surface area contributed by atoms with Crippen molar-refractivity contribution < 1.29 is 9.90 Å². The highest BCUT2D eigenvalue weighted by molar-refractivity contribution is 5.76. The molecule has 0 bridgehead atoms. The Morgan fingerprint density at radius 2 is 1.65 bits per heavy atom. The van der Waals surface area contributed by atoms with E-state index in [1.54, 1.807) is 6.92 Å². The van der Waals surface area contributed by atoms with Crippen LogP contribution in [0.4, 0.5) is 0 Å². The second-order valence-electron chi connectivity index (χ2n) is 4.05. The Balaban J connectivity index is 2.39. The Morgan fingerprint density at radius 1 is 1.00 bits per heavy atom. The number of carbonyl (C=O) groups is 1. The van der Waals surface area contributed by atoms with Crippen molar-refractivity contribution in [3.8, 4) is 11.1 Å². The van der Waals surface area contributed by atoms with Gasteiger partial charge in [-0.25, -0.2) is 0 Å². The quantitative estimate of drug-likeness (QED) is 0.869. The van der Waals surface area contributed by atoms with Crippen molar-refractivity contribution in [2.24, 2.45) is 0 Å². The van der Waals surface area contributed by atoms with Crippen LogP contribution in [-0.2, 0) is 4.79 Å². The van der Waals surface area contributed by atoms with Gasteiger partial charge in [-0.3, -0.25) is 4.79 Å². The first-order valence-corrected chi connectivity index (χ1v) is 5.56. The average molecular weight is 226 g/mol. The van der Waals surface area contributed by atoms with Crippen LogP contribution in [0, 0.1) is 0 Å². The molecule has 0 heterocycles. The van der Waals surface area contributed by atoms with Gasteiger partial charge in [-0.2, -0.15) is 0 Å². The number of carboxylic acid groups (broad SMARTS) is 1. The summed E-state index contributed by atoms with van der Waals surface area (Å²) in [5.41, 5.74) is 2.99. The maximum atomic E-state index is 10.9. The summed E-state index contributed by atoms with van der Waals surface area (Å²) in [7, 11) is 0. The number of aliphatic carboxylic acids is 1. The molecule has 0 saturated carbocycles. The summed E-state index contributed by atoms with van der Waals surface area (Å²) < 4.78 is 0. The number of hydrogen-bond donors (Lipinski definition) is 1. The summed E-state index contributed by atoms with van der Waals surface area (Å²) in [6.45, 7) is 1.70. The van der Waals surface area contributed by atoms with Crippen LogP contribution >= 0.6 is 0 Å². The van der Waals surface area contributed by atoms with Gasteiger partial charge in [0.25, 0.3) is 0 Å². The predicted octanol–water partition coefficient (Wildman–Crippen LogP) is 3.54. The van der Waals surface area contributed by atoms with Crippen molar-refractivity contribution in [2.75, 3.05) is 0 Å². The SMILES string of the molecule is C[C@@H](C(=O)O)c1cccc(-c2ccccc2)c1. The Morgan fingerprint density at radius 3 is 2.29 bits per heavy atom. The molecule has 2 heteroatoms. The highest BCUT2D eigenvalue weighted by Crippen LogP contribution is 2.23. The Hall–Kier alpha value is -2.09. The molecule has 0 unspecified atom stereocenters. The lowest BCUT2D eigenvalue weighted by atomic mass is 9.96. The van der Waals surface area contributed by atoms with Crippen molar-refractivity contribution in [3.63, 3.8) is 0 Å². The first-order chi connectivity index (χ1) is 8.18. The lowest BCUT2D eigenvalue weighted by Crippen LogP contribution is -2.07. The van der Waals surface area contributed by atoms with Gasteiger partial charge in [-0.15, -0.1) is 0 Å². The molecule has 0 spiro atoms. The third kappa shape index (κ3) is 2.53. The molecule has 2 aromatic carbocycles. The molecule has 86 valence electrons. The van der Waals surface area contributed by atoms with Gasteiger partial charge in [0.05, 0.1) is 5.92 Å². The molecule has 2 nitrogen and oxygen atoms in total. The number of hydrogen-bond acceptors (Lipinski definition) is 1. The van der Waals surface area contributed by atoms with Crippen molar-refractivity contribution in [2.45, 2.75) is 12.8 Å². The molecule has 0 saturated heterocycles. The van der Waals surface area contributed by atoms with E-state index in [1.807, 2.05) is 54.6 Å². The summed E-state index contributed by atoms with van der Waals surface area (Å²) in [5, 5.41) is 9.00. The van der Waals surface area contributed by atoms with Crippen LogP contribution in [-0.4, -0.2) is 11.1 Å². The van der Waals surface area contributed by atoms with Gasteiger partial charge in [-0.1, -0.05) is 54.6 Å². The van der Waals surface area contributed by atoms with Crippen LogP contribution in [0.1, 0.15) is 18.4 Å². The molecule has 0 aliphatic rings. The molecule has 0 aromatic heterocycles. The number of rotatable bonds is 3. The van der Waals surface area contributed by atoms with E-state index in [0.29, 0.717) is 0 Å². The molecular weight excluding hydrogens is 212 g/mol.